The van der Waals surface area contributed by atoms with Crippen LogP contribution in [-0.4, -0.2) is 35.6 Å². The fraction of sp³-hybridized carbons (Fsp3) is 0.700. The van der Waals surface area contributed by atoms with Gasteiger partial charge in [-0.1, -0.05) is 64.4 Å². The maximum Gasteiger partial charge on any atom is 0.185 e. The Labute approximate surface area is 151 Å². The van der Waals surface area contributed by atoms with Crippen LogP contribution in [0.5, 0.6) is 0 Å². The lowest BCUT2D eigenvalue weighted by atomic mass is 10.1. The lowest BCUT2D eigenvalue weighted by Gasteiger charge is -2.39. The molecule has 0 N–H and O–H groups in total. The summed E-state index contributed by atoms with van der Waals surface area (Å²) in [5.41, 5.74) is 1.17. The molecule has 0 bridgehead atoms. The monoisotopic (exact) mass is 352 g/mol. The molecule has 0 unspecified atom stereocenters. The molecule has 1 fully saturated rings. The summed E-state index contributed by atoms with van der Waals surface area (Å²) in [5, 5.41) is 0.413. The Morgan fingerprint density at radius 3 is 2.58 bits per heavy atom. The van der Waals surface area contributed by atoms with Crippen molar-refractivity contribution in [3.63, 3.8) is 0 Å². The molecule has 1 aromatic carbocycles. The van der Waals surface area contributed by atoms with Crippen molar-refractivity contribution in [3.8, 4) is 0 Å². The first-order valence-corrected chi connectivity index (χ1v) is 9.94. The van der Waals surface area contributed by atoms with Crippen LogP contribution in [0.3, 0.4) is 0 Å². The van der Waals surface area contributed by atoms with Crippen molar-refractivity contribution in [2.45, 2.75) is 76.0 Å². The van der Waals surface area contributed by atoms with E-state index in [0.29, 0.717) is 11.9 Å². The van der Waals surface area contributed by atoms with Crippen LogP contribution in [0, 0.1) is 0 Å². The first kappa shape index (κ1) is 19.8. The second kappa shape index (κ2) is 9.81. The zero-order valence-electron chi connectivity index (χ0n) is 15.5. The third-order valence-electron chi connectivity index (χ3n) is 3.89. The maximum absolute atomic E-state index is 6.21. The first-order chi connectivity index (χ1) is 11.5. The van der Waals surface area contributed by atoms with E-state index in [4.69, 9.17) is 14.2 Å². The van der Waals surface area contributed by atoms with Gasteiger partial charge in [-0.25, -0.2) is 0 Å². The molecule has 1 aromatic rings. The van der Waals surface area contributed by atoms with Gasteiger partial charge in [-0.15, -0.1) is 11.8 Å². The molecule has 2 rings (SSSR count). The van der Waals surface area contributed by atoms with Crippen LogP contribution in [0.4, 0.5) is 0 Å². The van der Waals surface area contributed by atoms with Crippen molar-refractivity contribution in [1.29, 1.82) is 0 Å². The third kappa shape index (κ3) is 6.75. The fourth-order valence-corrected chi connectivity index (χ4v) is 4.22. The van der Waals surface area contributed by atoms with Crippen LogP contribution in [0.2, 0.25) is 0 Å². The van der Waals surface area contributed by atoms with Crippen molar-refractivity contribution in [2.75, 3.05) is 13.2 Å². The van der Waals surface area contributed by atoms with Crippen molar-refractivity contribution in [1.82, 2.24) is 0 Å². The van der Waals surface area contributed by atoms with E-state index in [1.165, 1.54) is 5.56 Å². The van der Waals surface area contributed by atoms with E-state index in [2.05, 4.69) is 39.8 Å². The normalized spacial score (nSPS) is 24.9. The molecule has 1 heterocycles. The highest BCUT2D eigenvalue weighted by Crippen LogP contribution is 2.37. The molecule has 1 aliphatic heterocycles. The lowest BCUT2D eigenvalue weighted by Crippen LogP contribution is -2.47. The van der Waals surface area contributed by atoms with E-state index in [1.807, 2.05) is 30.0 Å². The third-order valence-corrected chi connectivity index (χ3v) is 5.40. The van der Waals surface area contributed by atoms with Crippen molar-refractivity contribution < 1.29 is 14.2 Å². The average Bonchev–Trinajstić information content (AvgIpc) is 2.54. The summed E-state index contributed by atoms with van der Waals surface area (Å²) in [6.07, 6.45) is 2.95. The fourth-order valence-electron chi connectivity index (χ4n) is 2.76. The van der Waals surface area contributed by atoms with Gasteiger partial charge in [0.15, 0.2) is 6.29 Å². The summed E-state index contributed by atoms with van der Waals surface area (Å²) in [6.45, 7) is 11.0. The SMILES string of the molecule is CCCCO[C@H]1[C@H](OCc2ccccc2)OCC[C@@H]1SC(C)(C)C. The minimum atomic E-state index is -0.282. The summed E-state index contributed by atoms with van der Waals surface area (Å²) in [4.78, 5) is 0. The van der Waals surface area contributed by atoms with Crippen molar-refractivity contribution >= 4 is 11.8 Å². The van der Waals surface area contributed by atoms with Gasteiger partial charge in [0.1, 0.15) is 6.10 Å². The molecule has 1 saturated heterocycles. The summed E-state index contributed by atoms with van der Waals surface area (Å²) in [7, 11) is 0. The number of hydrogen-bond acceptors (Lipinski definition) is 4. The number of rotatable bonds is 8. The average molecular weight is 353 g/mol. The first-order valence-electron chi connectivity index (χ1n) is 9.06. The van der Waals surface area contributed by atoms with E-state index in [1.54, 1.807) is 0 Å². The van der Waals surface area contributed by atoms with Crippen LogP contribution < -0.4 is 0 Å². The van der Waals surface area contributed by atoms with Crippen LogP contribution in [0.25, 0.3) is 0 Å². The molecular formula is C20H32O3S. The molecule has 24 heavy (non-hydrogen) atoms. The number of hydrogen-bond donors (Lipinski definition) is 0. The Morgan fingerprint density at radius 2 is 1.92 bits per heavy atom. The Balaban J connectivity index is 1.98. The smallest absolute Gasteiger partial charge is 0.185 e. The van der Waals surface area contributed by atoms with Gasteiger partial charge in [0, 0.05) is 16.6 Å². The Bertz CT molecular complexity index is 458. The van der Waals surface area contributed by atoms with E-state index in [-0.39, 0.29) is 17.1 Å². The van der Waals surface area contributed by atoms with Gasteiger partial charge in [0.25, 0.3) is 0 Å². The Morgan fingerprint density at radius 1 is 1.17 bits per heavy atom. The van der Waals surface area contributed by atoms with E-state index >= 15 is 0 Å². The van der Waals surface area contributed by atoms with Crippen LogP contribution in [0.15, 0.2) is 30.3 Å². The largest absolute Gasteiger partial charge is 0.372 e. The van der Waals surface area contributed by atoms with Crippen LogP contribution in [-0.2, 0) is 20.8 Å². The standard InChI is InChI=1S/C20H32O3S/c1-5-6-13-21-18-17(24-20(2,3)4)12-14-22-19(18)23-15-16-10-8-7-9-11-16/h7-11,17-19H,5-6,12-15H2,1-4H3/t17-,18+,19-/m0/s1. The molecule has 3 atom stereocenters. The molecule has 0 spiro atoms. The predicted molar refractivity (Wildman–Crippen MR) is 101 cm³/mol. The Hall–Kier alpha value is -0.550. The highest BCUT2D eigenvalue weighted by atomic mass is 32.2. The minimum absolute atomic E-state index is 0.00163. The highest BCUT2D eigenvalue weighted by Gasteiger charge is 2.38. The zero-order valence-corrected chi connectivity index (χ0v) is 16.3. The number of unbranched alkanes of at least 4 members (excludes halogenated alkanes) is 1. The number of thioether (sulfide) groups is 1. The molecular weight excluding hydrogens is 320 g/mol. The second-order valence-electron chi connectivity index (χ2n) is 7.28. The van der Waals surface area contributed by atoms with Gasteiger partial charge < -0.3 is 14.2 Å². The minimum Gasteiger partial charge on any atom is -0.372 e. The molecule has 0 aliphatic carbocycles. The van der Waals surface area contributed by atoms with E-state index < -0.39 is 0 Å². The molecule has 3 nitrogen and oxygen atoms in total. The van der Waals surface area contributed by atoms with Gasteiger partial charge in [0.2, 0.25) is 0 Å². The topological polar surface area (TPSA) is 27.7 Å². The zero-order chi connectivity index (χ0) is 17.4. The quantitative estimate of drug-likeness (QED) is 0.613. The van der Waals surface area contributed by atoms with Gasteiger partial charge in [-0.05, 0) is 18.4 Å². The van der Waals surface area contributed by atoms with Crippen LogP contribution >= 0.6 is 11.8 Å². The summed E-state index contributed by atoms with van der Waals surface area (Å²) < 4.78 is 18.4. The number of ether oxygens (including phenoxy) is 3. The summed E-state index contributed by atoms with van der Waals surface area (Å²) in [6, 6.07) is 10.3. The predicted octanol–water partition coefficient (Wildman–Crippen LogP) is 5.04. The molecule has 136 valence electrons. The van der Waals surface area contributed by atoms with E-state index in [9.17, 15) is 0 Å². The van der Waals surface area contributed by atoms with Crippen LogP contribution in [0.1, 0.15) is 52.5 Å². The molecule has 4 heteroatoms. The van der Waals surface area contributed by atoms with Crippen molar-refractivity contribution in [3.05, 3.63) is 35.9 Å². The molecule has 0 saturated carbocycles. The second-order valence-corrected chi connectivity index (χ2v) is 9.35. The molecule has 1 aliphatic rings. The van der Waals surface area contributed by atoms with Gasteiger partial charge in [-0.2, -0.15) is 0 Å². The molecule has 0 aromatic heterocycles. The van der Waals surface area contributed by atoms with Gasteiger partial charge >= 0.3 is 0 Å². The summed E-state index contributed by atoms with van der Waals surface area (Å²) in [5.74, 6) is 0. The Kier molecular flexibility index (Phi) is 8.08. The molecule has 0 radical (unpaired) electrons. The highest BCUT2D eigenvalue weighted by molar-refractivity contribution is 8.01. The maximum atomic E-state index is 6.21. The van der Waals surface area contributed by atoms with Crippen molar-refractivity contribution in [2.24, 2.45) is 0 Å². The van der Waals surface area contributed by atoms with E-state index in [0.717, 1.165) is 32.5 Å². The lowest BCUT2D eigenvalue weighted by molar-refractivity contribution is -0.230. The number of benzene rings is 1. The van der Waals surface area contributed by atoms with Gasteiger partial charge in [0.05, 0.1) is 13.2 Å². The molecule has 0 amide bonds. The summed E-state index contributed by atoms with van der Waals surface area (Å²) >= 11 is 1.98. The van der Waals surface area contributed by atoms with Gasteiger partial charge in [-0.3, -0.25) is 0 Å².